The molecule has 0 saturated heterocycles. The number of aromatic nitrogens is 1. The molecule has 8 nitrogen and oxygen atoms in total. The Labute approximate surface area is 280 Å². The molecule has 2 aromatic carbocycles. The molecule has 1 aromatic heterocycles. The van der Waals surface area contributed by atoms with Gasteiger partial charge >= 0.3 is 0 Å². The van der Waals surface area contributed by atoms with Gasteiger partial charge in [0.25, 0.3) is 0 Å². The third-order valence-corrected chi connectivity index (χ3v) is 9.33. The Morgan fingerprint density at radius 3 is 1.78 bits per heavy atom. The molecule has 10 heteroatoms. The zero-order chi connectivity index (χ0) is 33.1. The van der Waals surface area contributed by atoms with Gasteiger partial charge in [-0.15, -0.1) is 0 Å². The number of nitrogens with zero attached hydrogens (tertiary/aromatic N) is 1. The van der Waals surface area contributed by atoms with Crippen molar-refractivity contribution in [2.45, 2.75) is 6.54 Å². The second kappa shape index (κ2) is 20.0. The molecule has 46 heavy (non-hydrogen) atoms. The van der Waals surface area contributed by atoms with Crippen LogP contribution in [0.25, 0.3) is 18.2 Å². The number of thiol groups is 1. The van der Waals surface area contributed by atoms with Gasteiger partial charge in [-0.05, 0) is 46.5 Å². The van der Waals surface area contributed by atoms with E-state index >= 15 is 0 Å². The van der Waals surface area contributed by atoms with Gasteiger partial charge in [0.2, 0.25) is 11.5 Å². The van der Waals surface area contributed by atoms with Gasteiger partial charge in [0, 0.05) is 29.0 Å². The number of rotatable bonds is 19. The average molecular weight is 666 g/mol. The maximum atomic E-state index is 5.45. The van der Waals surface area contributed by atoms with E-state index in [9.17, 15) is 0 Å². The van der Waals surface area contributed by atoms with E-state index in [0.717, 1.165) is 46.9 Å². The summed E-state index contributed by atoms with van der Waals surface area (Å²) in [6, 6.07) is 11.9. The van der Waals surface area contributed by atoms with Crippen molar-refractivity contribution in [2.75, 3.05) is 60.7 Å². The van der Waals surface area contributed by atoms with E-state index in [-0.39, 0.29) is 0 Å². The van der Waals surface area contributed by atoms with Gasteiger partial charge in [-0.1, -0.05) is 37.0 Å². The third kappa shape index (κ3) is 11.0. The first-order chi connectivity index (χ1) is 22.5. The van der Waals surface area contributed by atoms with Crippen LogP contribution >= 0.6 is 10.8 Å². The maximum Gasteiger partial charge on any atom is 0.203 e. The SMILES string of the molecule is C=CC(/C=C/c1cc(OC)c(OC)c(OC)c1)=C\C=[NH+]CC[SH+]SCC[n+]1ccc(/C=C/c2cc(OC)c(OC)c(OC)c2)cc1. The highest BCUT2D eigenvalue weighted by atomic mass is 33.1. The monoisotopic (exact) mass is 665 g/mol. The van der Waals surface area contributed by atoms with Gasteiger partial charge in [-0.25, -0.2) is 9.56 Å². The van der Waals surface area contributed by atoms with Crippen molar-refractivity contribution in [3.05, 3.63) is 95.9 Å². The lowest BCUT2D eigenvalue weighted by molar-refractivity contribution is -0.692. The Morgan fingerprint density at radius 2 is 1.28 bits per heavy atom. The van der Waals surface area contributed by atoms with E-state index in [1.807, 2.05) is 71.7 Å². The van der Waals surface area contributed by atoms with Crippen molar-refractivity contribution in [1.82, 2.24) is 0 Å². The number of benzene rings is 2. The van der Waals surface area contributed by atoms with E-state index in [0.29, 0.717) is 34.5 Å². The van der Waals surface area contributed by atoms with Gasteiger partial charge in [-0.2, -0.15) is 0 Å². The van der Waals surface area contributed by atoms with Gasteiger partial charge in [0.15, 0.2) is 60.4 Å². The Hall–Kier alpha value is -4.28. The van der Waals surface area contributed by atoms with Crippen molar-refractivity contribution >= 4 is 46.0 Å². The van der Waals surface area contributed by atoms with Crippen LogP contribution in [0, 0.1) is 0 Å². The van der Waals surface area contributed by atoms with Gasteiger partial charge < -0.3 is 28.4 Å². The molecule has 1 heterocycles. The van der Waals surface area contributed by atoms with E-state index < -0.39 is 0 Å². The first-order valence-electron chi connectivity index (χ1n) is 14.6. The van der Waals surface area contributed by atoms with Crippen molar-refractivity contribution < 1.29 is 38.0 Å². The molecular formula is C36H45N2O6S2+3. The second-order valence-corrected chi connectivity index (χ2v) is 12.6. The topological polar surface area (TPSA) is 73.2 Å². The first-order valence-corrected chi connectivity index (χ1v) is 17.3. The molecule has 244 valence electrons. The third-order valence-electron chi connectivity index (χ3n) is 6.74. The van der Waals surface area contributed by atoms with E-state index in [2.05, 4.69) is 46.7 Å². The molecule has 0 amide bonds. The molecule has 0 saturated carbocycles. The number of ether oxygens (including phenoxy) is 6. The summed E-state index contributed by atoms with van der Waals surface area (Å²) in [7, 11) is 12.9. The summed E-state index contributed by atoms with van der Waals surface area (Å²) in [5.41, 5.74) is 4.00. The fourth-order valence-corrected chi connectivity index (χ4v) is 6.39. The van der Waals surface area contributed by atoms with Crippen LogP contribution in [-0.4, -0.2) is 66.9 Å². The minimum Gasteiger partial charge on any atom is -0.493 e. The Bertz CT molecular complexity index is 1480. The second-order valence-electron chi connectivity index (χ2n) is 9.63. The molecule has 0 fully saturated rings. The van der Waals surface area contributed by atoms with Crippen LogP contribution in [0.5, 0.6) is 34.5 Å². The highest BCUT2D eigenvalue weighted by Gasteiger charge is 2.13. The number of pyridine rings is 1. The van der Waals surface area contributed by atoms with Crippen molar-refractivity contribution in [2.24, 2.45) is 0 Å². The number of allylic oxidation sites excluding steroid dienone is 4. The lowest BCUT2D eigenvalue weighted by atomic mass is 10.1. The van der Waals surface area contributed by atoms with Gasteiger partial charge in [0.05, 0.1) is 53.5 Å². The predicted molar refractivity (Wildman–Crippen MR) is 193 cm³/mol. The summed E-state index contributed by atoms with van der Waals surface area (Å²) in [4.78, 5) is 3.37. The molecule has 0 atom stereocenters. The molecule has 0 aliphatic carbocycles. The van der Waals surface area contributed by atoms with Crippen molar-refractivity contribution in [1.29, 1.82) is 0 Å². The summed E-state index contributed by atoms with van der Waals surface area (Å²) in [5.74, 6) is 5.75. The van der Waals surface area contributed by atoms with Crippen LogP contribution in [0.1, 0.15) is 16.7 Å². The van der Waals surface area contributed by atoms with Crippen LogP contribution in [0.15, 0.2) is 79.2 Å². The van der Waals surface area contributed by atoms with E-state index in [1.54, 1.807) is 42.7 Å². The molecule has 0 spiro atoms. The number of methoxy groups -OCH3 is 6. The number of nitrogens with one attached hydrogen (secondary N) is 1. The molecule has 3 rings (SSSR count). The summed E-state index contributed by atoms with van der Waals surface area (Å²) in [6.07, 6.45) is 18.1. The average Bonchev–Trinajstić information content (AvgIpc) is 3.10. The van der Waals surface area contributed by atoms with Crippen LogP contribution in [0.4, 0.5) is 0 Å². The smallest absolute Gasteiger partial charge is 0.203 e. The standard InChI is InChI=1S/C36H43N2O6S2/c1-8-27(9-11-29-23-31(39-2)35(43-6)32(24-29)40-3)13-16-37-17-21-45-46-22-20-38-18-14-28(15-19-38)10-12-30-25-33(41-4)36(44-7)34(26-30)42-5/h8-16,18-19,23-26H,1,17,20-22H2,2-7H3/q+1/p+2/b11-9+,12-10+,27-13+,37-16?. The van der Waals surface area contributed by atoms with E-state index in [1.165, 1.54) is 10.8 Å². The zero-order valence-corrected chi connectivity index (χ0v) is 29.2. The quantitative estimate of drug-likeness (QED) is 0.0381. The molecule has 3 aromatic rings. The lowest BCUT2D eigenvalue weighted by Gasteiger charge is -2.12. The number of hydrogen-bond donors (Lipinski definition) is 1. The zero-order valence-electron chi connectivity index (χ0n) is 27.4. The number of hydrogen-bond acceptors (Lipinski definition) is 7. The molecule has 0 unspecified atom stereocenters. The van der Waals surface area contributed by atoms with Crippen LogP contribution in [0.2, 0.25) is 0 Å². The molecule has 0 aliphatic rings. The molecular weight excluding hydrogens is 621 g/mol. The van der Waals surface area contributed by atoms with Crippen LogP contribution in [-0.2, 0) is 17.3 Å². The Morgan fingerprint density at radius 1 is 0.761 bits per heavy atom. The van der Waals surface area contributed by atoms with Crippen LogP contribution < -0.4 is 38.0 Å². The van der Waals surface area contributed by atoms with E-state index in [4.69, 9.17) is 28.4 Å². The largest absolute Gasteiger partial charge is 0.493 e. The highest BCUT2D eigenvalue weighted by Crippen LogP contribution is 2.39. The molecule has 0 aliphatic heterocycles. The maximum absolute atomic E-state index is 5.45. The fraction of sp³-hybridized carbons (Fsp3) is 0.278. The predicted octanol–water partition coefficient (Wildman–Crippen LogP) is 4.64. The summed E-state index contributed by atoms with van der Waals surface area (Å²) in [6.45, 7) is 5.78. The molecule has 1 N–H and O–H groups in total. The summed E-state index contributed by atoms with van der Waals surface area (Å²) < 4.78 is 34.8. The first kappa shape index (κ1) is 36.2. The lowest BCUT2D eigenvalue weighted by Crippen LogP contribution is -2.69. The Balaban J connectivity index is 1.40. The minimum atomic E-state index is 0.573. The van der Waals surface area contributed by atoms with Crippen molar-refractivity contribution in [3.63, 3.8) is 0 Å². The normalized spacial score (nSPS) is 11.7. The van der Waals surface area contributed by atoms with Gasteiger partial charge in [0.1, 0.15) is 5.75 Å². The summed E-state index contributed by atoms with van der Waals surface area (Å²) >= 11 is 0. The minimum absolute atomic E-state index is 0.573. The summed E-state index contributed by atoms with van der Waals surface area (Å²) in [5, 5.41) is 0. The fourth-order valence-electron chi connectivity index (χ4n) is 4.32. The molecule has 0 bridgehead atoms. The van der Waals surface area contributed by atoms with Crippen molar-refractivity contribution in [3.8, 4) is 34.5 Å². The Kier molecular flexibility index (Phi) is 15.7. The highest BCUT2D eigenvalue weighted by molar-refractivity contribution is 8.66. The number of aryl methyl sites for hydroxylation is 1. The molecule has 0 radical (unpaired) electrons. The van der Waals surface area contributed by atoms with Gasteiger partial charge in [-0.3, -0.25) is 0 Å². The van der Waals surface area contributed by atoms with Crippen LogP contribution in [0.3, 0.4) is 0 Å².